The Morgan fingerprint density at radius 3 is 2.50 bits per heavy atom. The van der Waals surface area contributed by atoms with Crippen LogP contribution < -0.4 is 0 Å². The summed E-state index contributed by atoms with van der Waals surface area (Å²) in [4.78, 5) is -0.319. The summed E-state index contributed by atoms with van der Waals surface area (Å²) < 4.78 is 36.4. The van der Waals surface area contributed by atoms with Crippen LogP contribution in [0.1, 0.15) is 12.0 Å². The molecule has 1 aromatic rings. The topological polar surface area (TPSA) is 54.4 Å². The SMILES string of the molecule is CS(=O)(=O)c1c(F)cc(CCCO)cc1Br. The second-order valence-corrected chi connectivity index (χ2v) is 6.29. The maximum Gasteiger partial charge on any atom is 0.179 e. The van der Waals surface area contributed by atoms with E-state index in [2.05, 4.69) is 15.9 Å². The fraction of sp³-hybridized carbons (Fsp3) is 0.400. The van der Waals surface area contributed by atoms with Gasteiger partial charge in [-0.2, -0.15) is 0 Å². The first-order valence-electron chi connectivity index (χ1n) is 4.65. The maximum absolute atomic E-state index is 13.6. The maximum atomic E-state index is 13.6. The molecule has 0 amide bonds. The number of aliphatic hydroxyl groups excluding tert-OH is 1. The van der Waals surface area contributed by atoms with E-state index in [0.717, 1.165) is 6.26 Å². The van der Waals surface area contributed by atoms with E-state index in [1.807, 2.05) is 0 Å². The molecule has 1 N–H and O–H groups in total. The Bertz CT molecular complexity index is 462. The summed E-state index contributed by atoms with van der Waals surface area (Å²) in [5.41, 5.74) is 0.658. The molecule has 0 saturated heterocycles. The van der Waals surface area contributed by atoms with Crippen molar-refractivity contribution in [3.8, 4) is 0 Å². The van der Waals surface area contributed by atoms with Crippen molar-refractivity contribution >= 4 is 25.8 Å². The zero-order valence-corrected chi connectivity index (χ0v) is 11.1. The average Bonchev–Trinajstić information content (AvgIpc) is 2.11. The minimum atomic E-state index is -3.57. The van der Waals surface area contributed by atoms with Crippen LogP contribution in [0, 0.1) is 5.82 Å². The molecule has 0 spiro atoms. The lowest BCUT2D eigenvalue weighted by Gasteiger charge is -2.07. The molecule has 3 nitrogen and oxygen atoms in total. The van der Waals surface area contributed by atoms with Crippen LogP contribution in [-0.4, -0.2) is 26.4 Å². The van der Waals surface area contributed by atoms with Gasteiger partial charge in [0.15, 0.2) is 9.84 Å². The number of hydrogen-bond donors (Lipinski definition) is 1. The largest absolute Gasteiger partial charge is 0.396 e. The van der Waals surface area contributed by atoms with Crippen LogP contribution >= 0.6 is 15.9 Å². The molecule has 0 fully saturated rings. The standard InChI is InChI=1S/C10H12BrFO3S/c1-16(14,15)10-8(11)5-7(3-2-4-13)6-9(10)12/h5-6,13H,2-4H2,1H3. The summed E-state index contributed by atoms with van der Waals surface area (Å²) in [5, 5.41) is 8.65. The van der Waals surface area contributed by atoms with Gasteiger partial charge in [-0.3, -0.25) is 0 Å². The smallest absolute Gasteiger partial charge is 0.179 e. The molecule has 90 valence electrons. The van der Waals surface area contributed by atoms with Crippen molar-refractivity contribution in [2.75, 3.05) is 12.9 Å². The van der Waals surface area contributed by atoms with Crippen molar-refractivity contribution in [2.45, 2.75) is 17.7 Å². The predicted octanol–water partition coefficient (Wildman–Crippen LogP) is 1.92. The third-order valence-electron chi connectivity index (χ3n) is 2.05. The van der Waals surface area contributed by atoms with Crippen molar-refractivity contribution in [1.29, 1.82) is 0 Å². The molecular formula is C10H12BrFO3S. The first-order valence-corrected chi connectivity index (χ1v) is 7.33. The highest BCUT2D eigenvalue weighted by molar-refractivity contribution is 9.10. The molecular weight excluding hydrogens is 299 g/mol. The van der Waals surface area contributed by atoms with Crippen molar-refractivity contribution in [3.05, 3.63) is 28.0 Å². The molecule has 0 aliphatic carbocycles. The normalized spacial score (nSPS) is 11.8. The lowest BCUT2D eigenvalue weighted by Crippen LogP contribution is -2.03. The average molecular weight is 311 g/mol. The Balaban J connectivity index is 3.18. The molecule has 1 aromatic carbocycles. The minimum absolute atomic E-state index is 0.0209. The van der Waals surface area contributed by atoms with Gasteiger partial charge in [0, 0.05) is 17.3 Å². The van der Waals surface area contributed by atoms with Gasteiger partial charge in [0.05, 0.1) is 0 Å². The fourth-order valence-corrected chi connectivity index (χ4v) is 3.59. The van der Waals surface area contributed by atoms with Crippen LogP contribution in [0.3, 0.4) is 0 Å². The van der Waals surface area contributed by atoms with E-state index in [4.69, 9.17) is 5.11 Å². The molecule has 1 rings (SSSR count). The van der Waals surface area contributed by atoms with E-state index in [-0.39, 0.29) is 16.0 Å². The number of sulfone groups is 1. The highest BCUT2D eigenvalue weighted by atomic mass is 79.9. The van der Waals surface area contributed by atoms with E-state index in [1.165, 1.54) is 6.07 Å². The first kappa shape index (κ1) is 13.6. The molecule has 0 atom stereocenters. The predicted molar refractivity (Wildman–Crippen MR) is 62.6 cm³/mol. The van der Waals surface area contributed by atoms with Gasteiger partial charge in [-0.05, 0) is 46.5 Å². The Kier molecular flexibility index (Phi) is 4.46. The molecule has 0 saturated carbocycles. The van der Waals surface area contributed by atoms with Gasteiger partial charge in [0.25, 0.3) is 0 Å². The Morgan fingerprint density at radius 2 is 2.06 bits per heavy atom. The van der Waals surface area contributed by atoms with Crippen molar-refractivity contribution in [1.82, 2.24) is 0 Å². The van der Waals surface area contributed by atoms with Crippen LogP contribution in [0.25, 0.3) is 0 Å². The molecule has 0 radical (unpaired) electrons. The van der Waals surface area contributed by atoms with Crippen LogP contribution in [0.2, 0.25) is 0 Å². The number of benzene rings is 1. The first-order chi connectivity index (χ1) is 7.36. The second-order valence-electron chi connectivity index (χ2n) is 3.49. The van der Waals surface area contributed by atoms with E-state index in [9.17, 15) is 12.8 Å². The zero-order chi connectivity index (χ0) is 12.3. The van der Waals surface area contributed by atoms with Crippen LogP contribution in [0.4, 0.5) is 4.39 Å². The number of aryl methyl sites for hydroxylation is 1. The number of aliphatic hydroxyl groups is 1. The van der Waals surface area contributed by atoms with Gasteiger partial charge in [-0.25, -0.2) is 12.8 Å². The van der Waals surface area contributed by atoms with Gasteiger partial charge < -0.3 is 5.11 Å². The Morgan fingerprint density at radius 1 is 1.44 bits per heavy atom. The molecule has 0 aliphatic rings. The lowest BCUT2D eigenvalue weighted by atomic mass is 10.1. The Hall–Kier alpha value is -0.460. The molecule has 0 aromatic heterocycles. The van der Waals surface area contributed by atoms with Crippen molar-refractivity contribution in [3.63, 3.8) is 0 Å². The van der Waals surface area contributed by atoms with Gasteiger partial charge in [0.1, 0.15) is 10.7 Å². The van der Waals surface area contributed by atoms with Crippen molar-refractivity contribution in [2.24, 2.45) is 0 Å². The highest BCUT2D eigenvalue weighted by Crippen LogP contribution is 2.27. The van der Waals surface area contributed by atoms with E-state index in [0.29, 0.717) is 18.4 Å². The number of rotatable bonds is 4. The van der Waals surface area contributed by atoms with Crippen LogP contribution in [-0.2, 0) is 16.3 Å². The van der Waals surface area contributed by atoms with Gasteiger partial charge in [0.2, 0.25) is 0 Å². The lowest BCUT2D eigenvalue weighted by molar-refractivity contribution is 0.288. The van der Waals surface area contributed by atoms with Crippen LogP contribution in [0.5, 0.6) is 0 Å². The summed E-state index contributed by atoms with van der Waals surface area (Å²) in [6.07, 6.45) is 1.99. The summed E-state index contributed by atoms with van der Waals surface area (Å²) in [6, 6.07) is 2.76. The van der Waals surface area contributed by atoms with E-state index < -0.39 is 15.7 Å². The summed E-state index contributed by atoms with van der Waals surface area (Å²) >= 11 is 3.04. The quantitative estimate of drug-likeness (QED) is 0.924. The zero-order valence-electron chi connectivity index (χ0n) is 8.70. The van der Waals surface area contributed by atoms with Gasteiger partial charge >= 0.3 is 0 Å². The summed E-state index contributed by atoms with van der Waals surface area (Å²) in [7, 11) is -3.57. The molecule has 0 aliphatic heterocycles. The monoisotopic (exact) mass is 310 g/mol. The fourth-order valence-electron chi connectivity index (χ4n) is 1.39. The number of halogens is 2. The minimum Gasteiger partial charge on any atom is -0.396 e. The molecule has 16 heavy (non-hydrogen) atoms. The molecule has 0 bridgehead atoms. The molecule has 0 heterocycles. The molecule has 0 unspecified atom stereocenters. The van der Waals surface area contributed by atoms with E-state index >= 15 is 0 Å². The third kappa shape index (κ3) is 3.26. The Labute approximate surface area is 102 Å². The van der Waals surface area contributed by atoms with Crippen LogP contribution in [0.15, 0.2) is 21.5 Å². The molecule has 6 heteroatoms. The van der Waals surface area contributed by atoms with E-state index in [1.54, 1.807) is 6.07 Å². The van der Waals surface area contributed by atoms with Crippen molar-refractivity contribution < 1.29 is 17.9 Å². The van der Waals surface area contributed by atoms with Gasteiger partial charge in [-0.15, -0.1) is 0 Å². The summed E-state index contributed by atoms with van der Waals surface area (Å²) in [6.45, 7) is 0.0209. The number of hydrogen-bond acceptors (Lipinski definition) is 3. The summed E-state index contributed by atoms with van der Waals surface area (Å²) in [5.74, 6) is -0.759. The second kappa shape index (κ2) is 5.25. The highest BCUT2D eigenvalue weighted by Gasteiger charge is 2.18. The third-order valence-corrected chi connectivity index (χ3v) is 4.10. The van der Waals surface area contributed by atoms with Gasteiger partial charge in [-0.1, -0.05) is 0 Å².